The van der Waals surface area contributed by atoms with Crippen molar-refractivity contribution in [1.82, 2.24) is 10.2 Å². The van der Waals surface area contributed by atoms with Crippen molar-refractivity contribution in [2.24, 2.45) is 0 Å². The minimum atomic E-state index is 0.176. The van der Waals surface area contributed by atoms with Crippen LogP contribution in [0.4, 0.5) is 0 Å². The Morgan fingerprint density at radius 2 is 2.25 bits per heavy atom. The molecule has 64 valence electrons. The summed E-state index contributed by atoms with van der Waals surface area (Å²) in [6, 6.07) is 3.81. The van der Waals surface area contributed by atoms with Gasteiger partial charge >= 0.3 is 0 Å². The van der Waals surface area contributed by atoms with Gasteiger partial charge in [-0.2, -0.15) is 10.2 Å². The molecule has 0 radical (unpaired) electrons. The molecular weight excluding hydrogens is 152 g/mol. The summed E-state index contributed by atoms with van der Waals surface area (Å²) in [5, 5.41) is 16.3. The molecule has 1 aromatic heterocycles. The van der Waals surface area contributed by atoms with Crippen LogP contribution in [0, 0.1) is 6.92 Å². The maximum Gasteiger partial charge on any atom is 0.0854 e. The van der Waals surface area contributed by atoms with Gasteiger partial charge in [0.1, 0.15) is 0 Å². The molecule has 0 spiro atoms. The molecule has 0 fully saturated rings. The molecule has 0 amide bonds. The van der Waals surface area contributed by atoms with Crippen molar-refractivity contribution in [2.75, 3.05) is 6.61 Å². The number of nitrogens with zero attached hydrogens (tertiary/aromatic N) is 2. The second kappa shape index (κ2) is 4.62. The Kier molecular flexibility index (Phi) is 3.41. The van der Waals surface area contributed by atoms with Gasteiger partial charge in [-0.25, -0.2) is 0 Å². The van der Waals surface area contributed by atoms with Crippen LogP contribution in [0.3, 0.4) is 0 Å². The van der Waals surface area contributed by atoms with Crippen molar-refractivity contribution in [3.8, 4) is 0 Å². The number of aliphatic hydroxyl groups is 1. The highest BCUT2D eigenvalue weighted by Gasteiger charge is 1.87. The fourth-order valence-corrected chi connectivity index (χ4v) is 0.777. The van der Waals surface area contributed by atoms with Crippen molar-refractivity contribution in [1.29, 1.82) is 0 Å². The monoisotopic (exact) mass is 164 g/mol. The summed E-state index contributed by atoms with van der Waals surface area (Å²) in [4.78, 5) is 0. The summed E-state index contributed by atoms with van der Waals surface area (Å²) in [6.07, 6.45) is 4.39. The molecule has 3 nitrogen and oxygen atoms in total. The third-order valence-electron chi connectivity index (χ3n) is 1.40. The Bertz CT molecular complexity index is 254. The van der Waals surface area contributed by atoms with E-state index < -0.39 is 0 Å². The standard InChI is InChI=1S/C9H12N2O/c1-8-5-6-9(11-10-8)4-2-3-7-12/h2,4-6,12H,3,7H2,1H3. The number of hydrogen-bond acceptors (Lipinski definition) is 3. The number of aromatic nitrogens is 2. The van der Waals surface area contributed by atoms with E-state index in [1.165, 1.54) is 0 Å². The molecule has 0 unspecified atom stereocenters. The average molecular weight is 164 g/mol. The number of aryl methyl sites for hydroxylation is 1. The van der Waals surface area contributed by atoms with Gasteiger partial charge in [0.15, 0.2) is 0 Å². The highest BCUT2D eigenvalue weighted by Crippen LogP contribution is 1.98. The lowest BCUT2D eigenvalue weighted by Gasteiger charge is -1.91. The summed E-state index contributed by atoms with van der Waals surface area (Å²) in [5.41, 5.74) is 1.74. The van der Waals surface area contributed by atoms with Crippen molar-refractivity contribution in [2.45, 2.75) is 13.3 Å². The van der Waals surface area contributed by atoms with E-state index in [1.54, 1.807) is 0 Å². The van der Waals surface area contributed by atoms with E-state index in [9.17, 15) is 0 Å². The Hall–Kier alpha value is -1.22. The molecule has 12 heavy (non-hydrogen) atoms. The SMILES string of the molecule is Cc1ccc(C=CCCO)nn1. The normalized spacial score (nSPS) is 10.8. The number of rotatable bonds is 3. The van der Waals surface area contributed by atoms with E-state index in [2.05, 4.69) is 10.2 Å². The Labute approximate surface area is 71.8 Å². The zero-order valence-electron chi connectivity index (χ0n) is 7.07. The third-order valence-corrected chi connectivity index (χ3v) is 1.40. The van der Waals surface area contributed by atoms with Crippen LogP contribution in [0.2, 0.25) is 0 Å². The van der Waals surface area contributed by atoms with Gasteiger partial charge in [-0.05, 0) is 31.6 Å². The highest BCUT2D eigenvalue weighted by molar-refractivity contribution is 5.43. The molecule has 3 heteroatoms. The van der Waals surface area contributed by atoms with E-state index >= 15 is 0 Å². The molecular formula is C9H12N2O. The molecule has 0 atom stereocenters. The van der Waals surface area contributed by atoms with Crippen LogP contribution in [0.25, 0.3) is 6.08 Å². The van der Waals surface area contributed by atoms with Crippen molar-refractivity contribution in [3.05, 3.63) is 29.6 Å². The molecule has 1 heterocycles. The summed E-state index contributed by atoms with van der Waals surface area (Å²) < 4.78 is 0. The summed E-state index contributed by atoms with van der Waals surface area (Å²) >= 11 is 0. The first-order valence-electron chi connectivity index (χ1n) is 3.90. The minimum Gasteiger partial charge on any atom is -0.396 e. The van der Waals surface area contributed by atoms with Crippen LogP contribution in [0.1, 0.15) is 17.8 Å². The Balaban J connectivity index is 2.58. The maximum absolute atomic E-state index is 8.50. The fourth-order valence-electron chi connectivity index (χ4n) is 0.777. The molecule has 0 saturated heterocycles. The lowest BCUT2D eigenvalue weighted by molar-refractivity contribution is 0.303. The van der Waals surface area contributed by atoms with Gasteiger partial charge in [-0.3, -0.25) is 0 Å². The zero-order chi connectivity index (χ0) is 8.81. The largest absolute Gasteiger partial charge is 0.396 e. The van der Waals surface area contributed by atoms with Gasteiger partial charge in [-0.15, -0.1) is 0 Å². The first-order chi connectivity index (χ1) is 5.83. The van der Waals surface area contributed by atoms with E-state index in [0.717, 1.165) is 11.4 Å². The lowest BCUT2D eigenvalue weighted by atomic mass is 10.3. The van der Waals surface area contributed by atoms with Gasteiger partial charge in [0, 0.05) is 6.61 Å². The number of aliphatic hydroxyl groups excluding tert-OH is 1. The Morgan fingerprint density at radius 3 is 2.83 bits per heavy atom. The second-order valence-corrected chi connectivity index (χ2v) is 2.51. The van der Waals surface area contributed by atoms with Gasteiger partial charge in [0.2, 0.25) is 0 Å². The summed E-state index contributed by atoms with van der Waals surface area (Å²) in [5.74, 6) is 0. The topological polar surface area (TPSA) is 46.0 Å². The first-order valence-corrected chi connectivity index (χ1v) is 3.90. The van der Waals surface area contributed by atoms with E-state index in [1.807, 2.05) is 31.2 Å². The molecule has 0 aliphatic heterocycles. The van der Waals surface area contributed by atoms with Crippen molar-refractivity contribution >= 4 is 6.08 Å². The Morgan fingerprint density at radius 1 is 1.42 bits per heavy atom. The minimum absolute atomic E-state index is 0.176. The molecule has 0 bridgehead atoms. The van der Waals surface area contributed by atoms with Crippen LogP contribution in [0.5, 0.6) is 0 Å². The van der Waals surface area contributed by atoms with Crippen LogP contribution in [0.15, 0.2) is 18.2 Å². The predicted octanol–water partition coefficient (Wildman–Crippen LogP) is 1.18. The molecule has 0 aliphatic rings. The maximum atomic E-state index is 8.50. The molecule has 1 aromatic rings. The van der Waals surface area contributed by atoms with E-state index in [0.29, 0.717) is 6.42 Å². The average Bonchev–Trinajstić information content (AvgIpc) is 2.09. The summed E-state index contributed by atoms with van der Waals surface area (Å²) in [7, 11) is 0. The van der Waals surface area contributed by atoms with Crippen molar-refractivity contribution < 1.29 is 5.11 Å². The lowest BCUT2D eigenvalue weighted by Crippen LogP contribution is -1.87. The van der Waals surface area contributed by atoms with Gasteiger partial charge in [0.25, 0.3) is 0 Å². The van der Waals surface area contributed by atoms with Gasteiger partial charge in [0.05, 0.1) is 11.4 Å². The van der Waals surface area contributed by atoms with Gasteiger partial charge in [-0.1, -0.05) is 6.08 Å². The van der Waals surface area contributed by atoms with Crippen molar-refractivity contribution in [3.63, 3.8) is 0 Å². The predicted molar refractivity (Wildman–Crippen MR) is 47.5 cm³/mol. The third kappa shape index (κ3) is 2.80. The molecule has 1 N–H and O–H groups in total. The second-order valence-electron chi connectivity index (χ2n) is 2.51. The smallest absolute Gasteiger partial charge is 0.0854 e. The molecule has 0 aromatic carbocycles. The highest BCUT2D eigenvalue weighted by atomic mass is 16.2. The van der Waals surface area contributed by atoms with E-state index in [-0.39, 0.29) is 6.61 Å². The van der Waals surface area contributed by atoms with Crippen LogP contribution in [-0.2, 0) is 0 Å². The number of hydrogen-bond donors (Lipinski definition) is 1. The molecule has 0 saturated carbocycles. The first kappa shape index (κ1) is 8.87. The summed E-state index contributed by atoms with van der Waals surface area (Å²) in [6.45, 7) is 2.07. The molecule has 1 rings (SSSR count). The van der Waals surface area contributed by atoms with Gasteiger partial charge < -0.3 is 5.11 Å². The zero-order valence-corrected chi connectivity index (χ0v) is 7.07. The van der Waals surface area contributed by atoms with Crippen LogP contribution in [-0.4, -0.2) is 21.9 Å². The quantitative estimate of drug-likeness (QED) is 0.729. The molecule has 0 aliphatic carbocycles. The van der Waals surface area contributed by atoms with Crippen LogP contribution >= 0.6 is 0 Å². The van der Waals surface area contributed by atoms with Crippen LogP contribution < -0.4 is 0 Å². The van der Waals surface area contributed by atoms with E-state index in [4.69, 9.17) is 5.11 Å². The fraction of sp³-hybridized carbons (Fsp3) is 0.333.